The van der Waals surface area contributed by atoms with Crippen LogP contribution in [0.25, 0.3) is 22.5 Å². The van der Waals surface area contributed by atoms with E-state index in [2.05, 4.69) is 30.9 Å². The molecular formula is C20H25N7O4. The summed E-state index contributed by atoms with van der Waals surface area (Å²) in [6.45, 7) is 6.82. The number of carbonyl (C=O) groups is 2. The molecule has 1 amide bonds. The minimum atomic E-state index is -0.235. The van der Waals surface area contributed by atoms with Crippen molar-refractivity contribution in [2.24, 2.45) is 5.92 Å². The van der Waals surface area contributed by atoms with Gasteiger partial charge in [0.1, 0.15) is 0 Å². The van der Waals surface area contributed by atoms with Gasteiger partial charge in [-0.3, -0.25) is 9.59 Å². The fraction of sp³-hybridized carbons (Fsp3) is 0.500. The largest absolute Gasteiger partial charge is 0.466 e. The number of hydrogen-bond acceptors (Lipinski definition) is 9. The number of amides is 1. The predicted molar refractivity (Wildman–Crippen MR) is 111 cm³/mol. The third kappa shape index (κ3) is 4.35. The highest BCUT2D eigenvalue weighted by molar-refractivity contribution is 5.96. The zero-order valence-corrected chi connectivity index (χ0v) is 17.7. The Morgan fingerprint density at radius 1 is 1.35 bits per heavy atom. The number of cyclic esters (lactones) is 1. The molecule has 31 heavy (non-hydrogen) atoms. The van der Waals surface area contributed by atoms with Crippen LogP contribution in [-0.4, -0.2) is 49.4 Å². The standard InChI is InChI=1S/C20H25N7O4/c1-4-27-18-13(9-23-27)17(24-12-5-6-30-16(28)7-12)14(8-21-18)20-25-15(26-31-20)10-22-19(29)11(2)3/h8-9,11-12H,4-7,10H2,1-3H3,(H,21,24)(H,22,29). The number of ether oxygens (including phenoxy) is 1. The molecule has 1 fully saturated rings. The maximum atomic E-state index is 11.8. The van der Waals surface area contributed by atoms with Gasteiger partial charge in [0.15, 0.2) is 11.5 Å². The first-order valence-corrected chi connectivity index (χ1v) is 10.3. The minimum Gasteiger partial charge on any atom is -0.466 e. The van der Waals surface area contributed by atoms with Crippen molar-refractivity contribution in [3.05, 3.63) is 18.2 Å². The molecular weight excluding hydrogens is 402 g/mol. The van der Waals surface area contributed by atoms with E-state index in [1.807, 2.05) is 20.8 Å². The summed E-state index contributed by atoms with van der Waals surface area (Å²) in [5, 5.41) is 15.4. The number of nitrogens with zero attached hydrogens (tertiary/aromatic N) is 5. The number of nitrogens with one attached hydrogen (secondary N) is 2. The smallest absolute Gasteiger partial charge is 0.307 e. The van der Waals surface area contributed by atoms with E-state index < -0.39 is 0 Å². The molecule has 2 N–H and O–H groups in total. The fourth-order valence-corrected chi connectivity index (χ4v) is 3.39. The molecule has 164 valence electrons. The van der Waals surface area contributed by atoms with Crippen molar-refractivity contribution >= 4 is 28.6 Å². The summed E-state index contributed by atoms with van der Waals surface area (Å²) in [5.41, 5.74) is 2.05. The number of aromatic nitrogens is 5. The van der Waals surface area contributed by atoms with Crippen LogP contribution >= 0.6 is 0 Å². The second kappa shape index (κ2) is 8.70. The summed E-state index contributed by atoms with van der Waals surface area (Å²) in [4.78, 5) is 32.5. The average molecular weight is 427 g/mol. The van der Waals surface area contributed by atoms with Crippen LogP contribution in [-0.2, 0) is 27.4 Å². The third-order valence-corrected chi connectivity index (χ3v) is 5.10. The van der Waals surface area contributed by atoms with Gasteiger partial charge in [-0.1, -0.05) is 19.0 Å². The Labute approximate surface area is 178 Å². The summed E-state index contributed by atoms with van der Waals surface area (Å²) in [5.74, 6) is 0.175. The van der Waals surface area contributed by atoms with Crippen LogP contribution < -0.4 is 10.6 Å². The predicted octanol–water partition coefficient (Wildman–Crippen LogP) is 1.89. The van der Waals surface area contributed by atoms with Gasteiger partial charge in [-0.25, -0.2) is 9.67 Å². The molecule has 0 aliphatic carbocycles. The van der Waals surface area contributed by atoms with Gasteiger partial charge < -0.3 is 19.9 Å². The zero-order chi connectivity index (χ0) is 22.0. The van der Waals surface area contributed by atoms with Crippen molar-refractivity contribution in [2.75, 3.05) is 11.9 Å². The maximum absolute atomic E-state index is 11.8. The van der Waals surface area contributed by atoms with Crippen LogP contribution in [0.1, 0.15) is 39.4 Å². The van der Waals surface area contributed by atoms with Gasteiger partial charge >= 0.3 is 5.97 Å². The molecule has 0 radical (unpaired) electrons. The molecule has 0 spiro atoms. The van der Waals surface area contributed by atoms with Crippen molar-refractivity contribution in [3.63, 3.8) is 0 Å². The second-order valence-electron chi connectivity index (χ2n) is 7.69. The quantitative estimate of drug-likeness (QED) is 0.541. The number of anilines is 1. The molecule has 4 heterocycles. The monoisotopic (exact) mass is 427 g/mol. The molecule has 1 atom stereocenters. The lowest BCUT2D eigenvalue weighted by Crippen LogP contribution is -2.31. The highest BCUT2D eigenvalue weighted by Crippen LogP contribution is 2.34. The first-order chi connectivity index (χ1) is 15.0. The van der Waals surface area contributed by atoms with Gasteiger partial charge in [0.2, 0.25) is 5.91 Å². The highest BCUT2D eigenvalue weighted by atomic mass is 16.5. The molecule has 0 bridgehead atoms. The number of rotatable bonds is 7. The number of carbonyl (C=O) groups excluding carboxylic acids is 2. The average Bonchev–Trinajstić information content (AvgIpc) is 3.39. The Balaban J connectivity index is 1.67. The van der Waals surface area contributed by atoms with Crippen molar-refractivity contribution in [3.8, 4) is 11.5 Å². The van der Waals surface area contributed by atoms with E-state index in [-0.39, 0.29) is 42.7 Å². The van der Waals surface area contributed by atoms with Gasteiger partial charge in [0.05, 0.1) is 42.4 Å². The third-order valence-electron chi connectivity index (χ3n) is 5.10. The molecule has 1 saturated heterocycles. The molecule has 3 aromatic rings. The van der Waals surface area contributed by atoms with E-state index >= 15 is 0 Å². The Morgan fingerprint density at radius 2 is 2.19 bits per heavy atom. The molecule has 0 aromatic carbocycles. The molecule has 1 aliphatic rings. The summed E-state index contributed by atoms with van der Waals surface area (Å²) in [6, 6.07) is -0.0942. The number of hydrogen-bond donors (Lipinski definition) is 2. The molecule has 11 heteroatoms. The molecule has 3 aromatic heterocycles. The Bertz CT molecular complexity index is 1100. The SMILES string of the molecule is CCn1ncc2c(NC3CCOC(=O)C3)c(-c3nc(CNC(=O)C(C)C)no3)cnc21. The van der Waals surface area contributed by atoms with Crippen LogP contribution in [0.3, 0.4) is 0 Å². The van der Waals surface area contributed by atoms with E-state index in [9.17, 15) is 9.59 Å². The zero-order valence-electron chi connectivity index (χ0n) is 17.7. The van der Waals surface area contributed by atoms with E-state index in [0.717, 1.165) is 16.7 Å². The van der Waals surface area contributed by atoms with Crippen molar-refractivity contribution in [2.45, 2.75) is 52.7 Å². The first kappa shape index (κ1) is 20.8. The topological polar surface area (TPSA) is 137 Å². The molecule has 1 unspecified atom stereocenters. The van der Waals surface area contributed by atoms with E-state index in [1.165, 1.54) is 0 Å². The van der Waals surface area contributed by atoms with E-state index in [1.54, 1.807) is 17.1 Å². The van der Waals surface area contributed by atoms with Gasteiger partial charge in [-0.2, -0.15) is 10.1 Å². The summed E-state index contributed by atoms with van der Waals surface area (Å²) in [6.07, 6.45) is 4.34. The van der Waals surface area contributed by atoms with Crippen LogP contribution in [0.4, 0.5) is 5.69 Å². The number of esters is 1. The van der Waals surface area contributed by atoms with Crippen LogP contribution in [0.2, 0.25) is 0 Å². The lowest BCUT2D eigenvalue weighted by molar-refractivity contribution is -0.147. The Kier molecular flexibility index (Phi) is 5.83. The Hall–Kier alpha value is -3.50. The molecule has 0 saturated carbocycles. The van der Waals surface area contributed by atoms with Gasteiger partial charge in [-0.05, 0) is 6.92 Å². The number of pyridine rings is 1. The first-order valence-electron chi connectivity index (χ1n) is 10.3. The molecule has 1 aliphatic heterocycles. The Morgan fingerprint density at radius 3 is 2.94 bits per heavy atom. The normalized spacial score (nSPS) is 16.5. The lowest BCUT2D eigenvalue weighted by Gasteiger charge is -2.24. The molecule has 11 nitrogen and oxygen atoms in total. The van der Waals surface area contributed by atoms with Crippen molar-refractivity contribution < 1.29 is 18.8 Å². The van der Waals surface area contributed by atoms with E-state index in [4.69, 9.17) is 9.26 Å². The maximum Gasteiger partial charge on any atom is 0.307 e. The van der Waals surface area contributed by atoms with Crippen LogP contribution in [0.5, 0.6) is 0 Å². The minimum absolute atomic E-state index is 0.0899. The van der Waals surface area contributed by atoms with Gasteiger partial charge in [0, 0.05) is 31.1 Å². The van der Waals surface area contributed by atoms with Crippen molar-refractivity contribution in [1.82, 2.24) is 30.2 Å². The highest BCUT2D eigenvalue weighted by Gasteiger charge is 2.25. The van der Waals surface area contributed by atoms with Crippen molar-refractivity contribution in [1.29, 1.82) is 0 Å². The molecule has 4 rings (SSSR count). The summed E-state index contributed by atoms with van der Waals surface area (Å²) >= 11 is 0. The lowest BCUT2D eigenvalue weighted by atomic mass is 10.1. The fourth-order valence-electron chi connectivity index (χ4n) is 3.39. The van der Waals surface area contributed by atoms with Gasteiger partial charge in [0.25, 0.3) is 5.89 Å². The van der Waals surface area contributed by atoms with Gasteiger partial charge in [-0.15, -0.1) is 0 Å². The summed E-state index contributed by atoms with van der Waals surface area (Å²) in [7, 11) is 0. The number of fused-ring (bicyclic) bond motifs is 1. The van der Waals surface area contributed by atoms with E-state index in [0.29, 0.717) is 31.0 Å². The van der Waals surface area contributed by atoms with Crippen LogP contribution in [0, 0.1) is 5.92 Å². The number of aryl methyl sites for hydroxylation is 1. The second-order valence-corrected chi connectivity index (χ2v) is 7.69. The van der Waals surface area contributed by atoms with Crippen LogP contribution in [0.15, 0.2) is 16.9 Å². The summed E-state index contributed by atoms with van der Waals surface area (Å²) < 4.78 is 12.3.